The second kappa shape index (κ2) is 17.7. The van der Waals surface area contributed by atoms with E-state index in [9.17, 15) is 13.5 Å². The van der Waals surface area contributed by atoms with Gasteiger partial charge in [-0.1, -0.05) is 127 Å². The molecular formula is C30H46ClNO3S. The van der Waals surface area contributed by atoms with Crippen LogP contribution in [0.2, 0.25) is 5.02 Å². The lowest BCUT2D eigenvalue weighted by Gasteiger charge is -2.10. The van der Waals surface area contributed by atoms with Gasteiger partial charge in [-0.3, -0.25) is 4.72 Å². The molecule has 0 saturated carbocycles. The second-order valence-corrected chi connectivity index (χ2v) is 12.1. The molecule has 202 valence electrons. The van der Waals surface area contributed by atoms with Crippen LogP contribution in [0.3, 0.4) is 0 Å². The average molecular weight is 536 g/mol. The lowest BCUT2D eigenvalue weighted by atomic mass is 10.0. The van der Waals surface area contributed by atoms with Crippen molar-refractivity contribution in [1.82, 2.24) is 0 Å². The van der Waals surface area contributed by atoms with E-state index in [4.69, 9.17) is 11.6 Å². The zero-order valence-corrected chi connectivity index (χ0v) is 23.7. The number of rotatable bonds is 20. The van der Waals surface area contributed by atoms with Gasteiger partial charge in [-0.15, -0.1) is 0 Å². The van der Waals surface area contributed by atoms with Gasteiger partial charge < -0.3 is 5.11 Å². The van der Waals surface area contributed by atoms with Crippen LogP contribution < -0.4 is 4.72 Å². The number of sulfonamides is 1. The fourth-order valence-electron chi connectivity index (χ4n) is 4.50. The van der Waals surface area contributed by atoms with Gasteiger partial charge in [0.05, 0.1) is 15.6 Å². The summed E-state index contributed by atoms with van der Waals surface area (Å²) in [7, 11) is -3.70. The molecule has 0 heterocycles. The highest BCUT2D eigenvalue weighted by Crippen LogP contribution is 2.27. The SMILES string of the molecule is CCCCCCCCCCCCCCCCCCc1ccc(S(=O)(=O)Nc2ccc(O)c(Cl)c2)cc1. The number of phenols is 1. The summed E-state index contributed by atoms with van der Waals surface area (Å²) >= 11 is 5.86. The first kappa shape index (κ1) is 30.5. The Balaban J connectivity index is 1.51. The van der Waals surface area contributed by atoms with Gasteiger partial charge in [-0.2, -0.15) is 0 Å². The summed E-state index contributed by atoms with van der Waals surface area (Å²) in [4.78, 5) is 0.211. The Morgan fingerprint density at radius 2 is 1.17 bits per heavy atom. The fraction of sp³-hybridized carbons (Fsp3) is 0.600. The second-order valence-electron chi connectivity index (χ2n) is 9.97. The molecule has 0 fully saturated rings. The number of aromatic hydroxyl groups is 1. The number of hydrogen-bond acceptors (Lipinski definition) is 3. The van der Waals surface area contributed by atoms with Crippen LogP contribution in [-0.4, -0.2) is 13.5 Å². The van der Waals surface area contributed by atoms with E-state index in [1.165, 1.54) is 115 Å². The molecule has 0 spiro atoms. The molecule has 6 heteroatoms. The maximum absolute atomic E-state index is 12.6. The minimum Gasteiger partial charge on any atom is -0.506 e. The third-order valence-corrected chi connectivity index (χ3v) is 8.45. The van der Waals surface area contributed by atoms with Crippen molar-refractivity contribution in [1.29, 1.82) is 0 Å². The Morgan fingerprint density at radius 1 is 0.694 bits per heavy atom. The molecule has 0 atom stereocenters. The normalized spacial score (nSPS) is 11.6. The Labute approximate surface area is 224 Å². The third kappa shape index (κ3) is 12.5. The van der Waals surface area contributed by atoms with E-state index in [0.717, 1.165) is 18.4 Å². The zero-order chi connectivity index (χ0) is 26.1. The summed E-state index contributed by atoms with van der Waals surface area (Å²) in [5.41, 5.74) is 1.47. The van der Waals surface area contributed by atoms with Gasteiger partial charge in [-0.25, -0.2) is 8.42 Å². The number of benzene rings is 2. The molecule has 0 amide bonds. The van der Waals surface area contributed by atoms with E-state index in [2.05, 4.69) is 11.6 Å². The van der Waals surface area contributed by atoms with E-state index in [1.807, 2.05) is 12.1 Å². The van der Waals surface area contributed by atoms with Gasteiger partial charge >= 0.3 is 0 Å². The Bertz CT molecular complexity index is 961. The monoisotopic (exact) mass is 535 g/mol. The van der Waals surface area contributed by atoms with Crippen molar-refractivity contribution in [2.45, 2.75) is 121 Å². The molecule has 2 aromatic rings. The fourth-order valence-corrected chi connectivity index (χ4v) is 5.73. The molecule has 0 aliphatic heterocycles. The molecule has 0 unspecified atom stereocenters. The van der Waals surface area contributed by atoms with E-state index >= 15 is 0 Å². The van der Waals surface area contributed by atoms with E-state index in [0.29, 0.717) is 5.69 Å². The number of nitrogens with one attached hydrogen (secondary N) is 1. The van der Waals surface area contributed by atoms with Crippen LogP contribution in [0, 0.1) is 0 Å². The molecule has 0 aliphatic rings. The van der Waals surface area contributed by atoms with Gasteiger partial charge in [0.1, 0.15) is 5.75 Å². The molecule has 4 nitrogen and oxygen atoms in total. The highest BCUT2D eigenvalue weighted by molar-refractivity contribution is 7.92. The molecule has 2 rings (SSSR count). The molecule has 0 radical (unpaired) electrons. The maximum Gasteiger partial charge on any atom is 0.261 e. The van der Waals surface area contributed by atoms with E-state index in [1.54, 1.807) is 12.1 Å². The topological polar surface area (TPSA) is 66.4 Å². The van der Waals surface area contributed by atoms with Crippen LogP contribution >= 0.6 is 11.6 Å². The van der Waals surface area contributed by atoms with Gasteiger partial charge in [0, 0.05) is 0 Å². The van der Waals surface area contributed by atoms with Crippen molar-refractivity contribution < 1.29 is 13.5 Å². The van der Waals surface area contributed by atoms with Crippen LogP contribution in [0.25, 0.3) is 0 Å². The molecule has 0 aliphatic carbocycles. The van der Waals surface area contributed by atoms with Gasteiger partial charge in [0.25, 0.3) is 10.0 Å². The number of anilines is 1. The summed E-state index contributed by atoms with van der Waals surface area (Å²) in [6.45, 7) is 2.27. The van der Waals surface area contributed by atoms with Crippen LogP contribution in [0.4, 0.5) is 5.69 Å². The van der Waals surface area contributed by atoms with Crippen molar-refractivity contribution in [2.24, 2.45) is 0 Å². The molecule has 0 saturated heterocycles. The number of hydrogen-bond donors (Lipinski definition) is 2. The molecule has 0 bridgehead atoms. The first-order valence-corrected chi connectivity index (χ1v) is 15.9. The maximum atomic E-state index is 12.6. The van der Waals surface area contributed by atoms with Crippen molar-refractivity contribution in [2.75, 3.05) is 4.72 Å². The van der Waals surface area contributed by atoms with E-state index < -0.39 is 10.0 Å². The smallest absolute Gasteiger partial charge is 0.261 e. The summed E-state index contributed by atoms with van der Waals surface area (Å²) in [5.74, 6) is -0.0851. The molecule has 36 heavy (non-hydrogen) atoms. The molecule has 0 aromatic heterocycles. The minimum absolute atomic E-state index is 0.0851. The lowest BCUT2D eigenvalue weighted by molar-refractivity contribution is 0.475. The molecule has 2 aromatic carbocycles. The van der Waals surface area contributed by atoms with Crippen LogP contribution in [0.15, 0.2) is 47.4 Å². The predicted molar refractivity (Wildman–Crippen MR) is 154 cm³/mol. The highest BCUT2D eigenvalue weighted by atomic mass is 35.5. The summed E-state index contributed by atoms with van der Waals surface area (Å²) in [6, 6.07) is 11.3. The van der Waals surface area contributed by atoms with E-state index in [-0.39, 0.29) is 15.7 Å². The third-order valence-electron chi connectivity index (χ3n) is 6.75. The van der Waals surface area contributed by atoms with Crippen molar-refractivity contribution in [3.05, 3.63) is 53.1 Å². The largest absolute Gasteiger partial charge is 0.506 e. The first-order valence-electron chi connectivity index (χ1n) is 14.0. The van der Waals surface area contributed by atoms with Crippen LogP contribution in [0.1, 0.15) is 115 Å². The Kier molecular flexibility index (Phi) is 15.0. The number of unbranched alkanes of at least 4 members (excludes halogenated alkanes) is 15. The van der Waals surface area contributed by atoms with Crippen LogP contribution in [-0.2, 0) is 16.4 Å². The van der Waals surface area contributed by atoms with Crippen LogP contribution in [0.5, 0.6) is 5.75 Å². The standard InChI is InChI=1S/C30H46ClNO3S/c1-2-3-4-5-6-7-8-9-10-11-12-13-14-15-16-17-18-26-19-22-28(23-20-26)36(34,35)32-27-21-24-30(33)29(31)25-27/h19-25,32-33H,2-18H2,1H3. The number of aryl methyl sites for hydroxylation is 1. The zero-order valence-electron chi connectivity index (χ0n) is 22.1. The summed E-state index contributed by atoms with van der Waals surface area (Å²) < 4.78 is 27.7. The lowest BCUT2D eigenvalue weighted by Crippen LogP contribution is -2.12. The van der Waals surface area contributed by atoms with Crippen molar-refractivity contribution in [3.63, 3.8) is 0 Å². The molecule has 2 N–H and O–H groups in total. The van der Waals surface area contributed by atoms with Gasteiger partial charge in [0.2, 0.25) is 0 Å². The Hall–Kier alpha value is -1.72. The Morgan fingerprint density at radius 3 is 1.64 bits per heavy atom. The molecular weight excluding hydrogens is 490 g/mol. The summed E-state index contributed by atoms with van der Waals surface area (Å²) in [6.07, 6.45) is 22.7. The van der Waals surface area contributed by atoms with Crippen molar-refractivity contribution in [3.8, 4) is 5.75 Å². The first-order chi connectivity index (χ1) is 17.4. The number of halogens is 1. The van der Waals surface area contributed by atoms with Gasteiger partial charge in [0.15, 0.2) is 0 Å². The van der Waals surface area contributed by atoms with Gasteiger partial charge in [-0.05, 0) is 48.7 Å². The highest BCUT2D eigenvalue weighted by Gasteiger charge is 2.14. The van der Waals surface area contributed by atoms with Crippen molar-refractivity contribution >= 4 is 27.3 Å². The number of phenolic OH excluding ortho intramolecular Hbond substituents is 1. The minimum atomic E-state index is -3.70. The summed E-state index contributed by atoms with van der Waals surface area (Å²) in [5, 5.41) is 9.59. The predicted octanol–water partition coefficient (Wildman–Crippen LogP) is 9.65. The average Bonchev–Trinajstić information content (AvgIpc) is 2.86. The quantitative estimate of drug-likeness (QED) is 0.131.